The van der Waals surface area contributed by atoms with Crippen LogP contribution >= 0.6 is 0 Å². The van der Waals surface area contributed by atoms with Crippen LogP contribution in [0.15, 0.2) is 23.2 Å². The fourth-order valence-electron chi connectivity index (χ4n) is 3.12. The molecule has 1 amide bonds. The number of nitrogens with zero attached hydrogens (tertiary/aromatic N) is 2. The van der Waals surface area contributed by atoms with Crippen molar-refractivity contribution >= 4 is 11.9 Å². The Labute approximate surface area is 149 Å². The van der Waals surface area contributed by atoms with Gasteiger partial charge in [0.2, 0.25) is 5.91 Å². The first-order chi connectivity index (χ1) is 12.0. The van der Waals surface area contributed by atoms with Gasteiger partial charge in [-0.2, -0.15) is 0 Å². The van der Waals surface area contributed by atoms with E-state index in [9.17, 15) is 9.18 Å². The highest BCUT2D eigenvalue weighted by atomic mass is 19.1. The standard InChI is InChI=1S/C19H29FN4O/c1-14-12-16(7-8-17(14)20)13-23-19(21-3)22-10-9-18(25)24-11-5-4-6-15(24)2/h7-8,12,15H,4-6,9-11,13H2,1-3H3,(H2,21,22,23). The number of aliphatic imine (C=N–C) groups is 1. The summed E-state index contributed by atoms with van der Waals surface area (Å²) in [5.74, 6) is 0.641. The topological polar surface area (TPSA) is 56.7 Å². The molecule has 1 aliphatic rings. The van der Waals surface area contributed by atoms with Gasteiger partial charge in [0.25, 0.3) is 0 Å². The molecule has 6 heteroatoms. The Morgan fingerprint density at radius 3 is 2.84 bits per heavy atom. The molecule has 0 spiro atoms. The quantitative estimate of drug-likeness (QED) is 0.635. The summed E-state index contributed by atoms with van der Waals surface area (Å²) in [4.78, 5) is 18.5. The number of hydrogen-bond donors (Lipinski definition) is 2. The SMILES string of the molecule is CN=C(NCCC(=O)N1CCCCC1C)NCc1ccc(F)c(C)c1. The van der Waals surface area contributed by atoms with Crippen LogP contribution in [-0.4, -0.2) is 42.9 Å². The van der Waals surface area contributed by atoms with Gasteiger partial charge in [-0.1, -0.05) is 12.1 Å². The minimum absolute atomic E-state index is 0.197. The number of halogens is 1. The van der Waals surface area contributed by atoms with E-state index in [-0.39, 0.29) is 11.7 Å². The maximum absolute atomic E-state index is 13.3. The Morgan fingerprint density at radius 2 is 2.16 bits per heavy atom. The van der Waals surface area contributed by atoms with Gasteiger partial charge in [0, 0.05) is 39.1 Å². The number of carbonyl (C=O) groups is 1. The van der Waals surface area contributed by atoms with E-state index in [2.05, 4.69) is 22.5 Å². The molecule has 138 valence electrons. The molecule has 0 aliphatic carbocycles. The molecule has 2 N–H and O–H groups in total. The maximum atomic E-state index is 13.3. The van der Waals surface area contributed by atoms with Crippen molar-refractivity contribution in [1.82, 2.24) is 15.5 Å². The van der Waals surface area contributed by atoms with Crippen LogP contribution in [0.1, 0.15) is 43.7 Å². The molecule has 0 radical (unpaired) electrons. The van der Waals surface area contributed by atoms with E-state index in [1.54, 1.807) is 20.0 Å². The number of likely N-dealkylation sites (tertiary alicyclic amines) is 1. The van der Waals surface area contributed by atoms with Gasteiger partial charge < -0.3 is 15.5 Å². The number of benzene rings is 1. The molecule has 0 aromatic heterocycles. The number of hydrogen-bond acceptors (Lipinski definition) is 2. The average Bonchev–Trinajstić information content (AvgIpc) is 2.61. The van der Waals surface area contributed by atoms with Gasteiger partial charge in [0.05, 0.1) is 0 Å². The highest BCUT2D eigenvalue weighted by molar-refractivity contribution is 5.81. The summed E-state index contributed by atoms with van der Waals surface area (Å²) >= 11 is 0. The predicted molar refractivity (Wildman–Crippen MR) is 99.0 cm³/mol. The fraction of sp³-hybridized carbons (Fsp3) is 0.579. The number of piperidine rings is 1. The van der Waals surface area contributed by atoms with Gasteiger partial charge in [0.15, 0.2) is 5.96 Å². The zero-order valence-electron chi connectivity index (χ0n) is 15.4. The molecule has 25 heavy (non-hydrogen) atoms. The first-order valence-electron chi connectivity index (χ1n) is 9.00. The number of nitrogens with one attached hydrogen (secondary N) is 2. The minimum Gasteiger partial charge on any atom is -0.356 e. The zero-order chi connectivity index (χ0) is 18.2. The normalized spacial score (nSPS) is 18.2. The lowest BCUT2D eigenvalue weighted by Crippen LogP contribution is -2.44. The smallest absolute Gasteiger partial charge is 0.224 e. The van der Waals surface area contributed by atoms with Gasteiger partial charge in [-0.3, -0.25) is 9.79 Å². The number of amides is 1. The molecular formula is C19H29FN4O. The average molecular weight is 348 g/mol. The van der Waals surface area contributed by atoms with Gasteiger partial charge >= 0.3 is 0 Å². The Morgan fingerprint density at radius 1 is 1.36 bits per heavy atom. The first-order valence-corrected chi connectivity index (χ1v) is 9.00. The third-order valence-corrected chi connectivity index (χ3v) is 4.66. The number of carbonyl (C=O) groups excluding carboxylic acids is 1. The Kier molecular flexibility index (Phi) is 7.22. The van der Waals surface area contributed by atoms with Gasteiger partial charge in [-0.05, 0) is 50.3 Å². The molecule has 5 nitrogen and oxygen atoms in total. The van der Waals surface area contributed by atoms with Gasteiger partial charge in [-0.25, -0.2) is 4.39 Å². The Hall–Kier alpha value is -2.11. The van der Waals surface area contributed by atoms with Crippen LogP contribution in [0.4, 0.5) is 4.39 Å². The molecule has 1 aromatic carbocycles. The van der Waals surface area contributed by atoms with Crippen LogP contribution in [0.5, 0.6) is 0 Å². The second-order valence-electron chi connectivity index (χ2n) is 6.62. The van der Waals surface area contributed by atoms with Crippen LogP contribution in [0.3, 0.4) is 0 Å². The second-order valence-corrected chi connectivity index (χ2v) is 6.62. The first kappa shape index (κ1) is 19.2. The van der Waals surface area contributed by atoms with E-state index in [4.69, 9.17) is 0 Å². The largest absolute Gasteiger partial charge is 0.356 e. The molecule has 0 saturated carbocycles. The van der Waals surface area contributed by atoms with Crippen LogP contribution < -0.4 is 10.6 Å². The molecule has 2 rings (SSSR count). The molecule has 1 saturated heterocycles. The van der Waals surface area contributed by atoms with Crippen molar-refractivity contribution in [2.75, 3.05) is 20.1 Å². The molecular weight excluding hydrogens is 319 g/mol. The highest BCUT2D eigenvalue weighted by Crippen LogP contribution is 2.17. The Balaban J connectivity index is 1.74. The van der Waals surface area contributed by atoms with Crippen molar-refractivity contribution in [1.29, 1.82) is 0 Å². The van der Waals surface area contributed by atoms with E-state index >= 15 is 0 Å². The van der Waals surface area contributed by atoms with Crippen LogP contribution in [-0.2, 0) is 11.3 Å². The van der Waals surface area contributed by atoms with Crippen LogP contribution in [0, 0.1) is 12.7 Å². The summed E-state index contributed by atoms with van der Waals surface area (Å²) in [6.07, 6.45) is 3.87. The molecule has 1 fully saturated rings. The maximum Gasteiger partial charge on any atom is 0.224 e. The molecule has 1 aromatic rings. The second kappa shape index (κ2) is 9.39. The highest BCUT2D eigenvalue weighted by Gasteiger charge is 2.22. The van der Waals surface area contributed by atoms with E-state index in [0.717, 1.165) is 24.9 Å². The van der Waals surface area contributed by atoms with Crippen LogP contribution in [0.2, 0.25) is 0 Å². The van der Waals surface area contributed by atoms with E-state index in [1.807, 2.05) is 11.0 Å². The third kappa shape index (κ3) is 5.73. The van der Waals surface area contributed by atoms with Crippen molar-refractivity contribution in [3.8, 4) is 0 Å². The summed E-state index contributed by atoms with van der Waals surface area (Å²) in [6, 6.07) is 5.39. The van der Waals surface area contributed by atoms with Crippen molar-refractivity contribution in [2.24, 2.45) is 4.99 Å². The lowest BCUT2D eigenvalue weighted by molar-refractivity contribution is -0.134. The zero-order valence-corrected chi connectivity index (χ0v) is 15.4. The summed E-state index contributed by atoms with van der Waals surface area (Å²) in [5, 5.41) is 6.35. The number of rotatable bonds is 5. The molecule has 1 aliphatic heterocycles. The van der Waals surface area contributed by atoms with Crippen LogP contribution in [0.25, 0.3) is 0 Å². The van der Waals surface area contributed by atoms with E-state index < -0.39 is 0 Å². The predicted octanol–water partition coefficient (Wildman–Crippen LogP) is 2.59. The molecule has 0 bridgehead atoms. The van der Waals surface area contributed by atoms with Gasteiger partial charge in [0.1, 0.15) is 5.82 Å². The molecule has 1 unspecified atom stereocenters. The monoisotopic (exact) mass is 348 g/mol. The summed E-state index contributed by atoms with van der Waals surface area (Å²) in [7, 11) is 1.69. The van der Waals surface area contributed by atoms with Gasteiger partial charge in [-0.15, -0.1) is 0 Å². The summed E-state index contributed by atoms with van der Waals surface area (Å²) in [6.45, 7) is 5.84. The van der Waals surface area contributed by atoms with Crippen molar-refractivity contribution in [3.63, 3.8) is 0 Å². The van der Waals surface area contributed by atoms with Crippen molar-refractivity contribution in [3.05, 3.63) is 35.1 Å². The minimum atomic E-state index is -0.197. The van der Waals surface area contributed by atoms with E-state index in [1.165, 1.54) is 12.5 Å². The summed E-state index contributed by atoms with van der Waals surface area (Å²) in [5.41, 5.74) is 1.61. The lowest BCUT2D eigenvalue weighted by Gasteiger charge is -2.33. The molecule has 1 heterocycles. The van der Waals surface area contributed by atoms with E-state index in [0.29, 0.717) is 37.1 Å². The number of guanidine groups is 1. The third-order valence-electron chi connectivity index (χ3n) is 4.66. The molecule has 1 atom stereocenters. The lowest BCUT2D eigenvalue weighted by atomic mass is 10.0. The fourth-order valence-corrected chi connectivity index (χ4v) is 3.12. The van der Waals surface area contributed by atoms with Crippen molar-refractivity contribution in [2.45, 2.75) is 52.1 Å². The van der Waals surface area contributed by atoms with Crippen molar-refractivity contribution < 1.29 is 9.18 Å². The summed E-state index contributed by atoms with van der Waals surface area (Å²) < 4.78 is 13.3. The Bertz CT molecular complexity index is 617. The number of aryl methyl sites for hydroxylation is 1.